The number of thioether (sulfide) groups is 1. The van der Waals surface area contributed by atoms with E-state index in [9.17, 15) is 14.4 Å². The first-order valence-corrected chi connectivity index (χ1v) is 13.1. The monoisotopic (exact) mass is 525 g/mol. The minimum absolute atomic E-state index is 0.0510. The summed E-state index contributed by atoms with van der Waals surface area (Å²) in [6, 6.07) is 13.4. The van der Waals surface area contributed by atoms with E-state index >= 15 is 0 Å². The molecule has 2 heterocycles. The maximum Gasteiger partial charge on any atom is 0.337 e. The summed E-state index contributed by atoms with van der Waals surface area (Å²) in [4.78, 5) is 44.6. The number of ether oxygens (including phenoxy) is 1. The highest BCUT2D eigenvalue weighted by Crippen LogP contribution is 2.36. The maximum atomic E-state index is 13.6. The Morgan fingerprint density at radius 2 is 1.89 bits per heavy atom. The first-order valence-electron chi connectivity index (χ1n) is 10.9. The van der Waals surface area contributed by atoms with Crippen molar-refractivity contribution in [3.63, 3.8) is 0 Å². The minimum atomic E-state index is -0.445. The molecule has 1 amide bonds. The van der Waals surface area contributed by atoms with E-state index in [-0.39, 0.29) is 17.2 Å². The molecule has 0 radical (unpaired) electrons. The summed E-state index contributed by atoms with van der Waals surface area (Å²) in [5.41, 5.74) is 2.57. The van der Waals surface area contributed by atoms with Gasteiger partial charge in [0.25, 0.3) is 5.56 Å². The summed E-state index contributed by atoms with van der Waals surface area (Å²) in [5.74, 6) is -0.652. The second-order valence-electron chi connectivity index (χ2n) is 7.95. The Morgan fingerprint density at radius 3 is 2.60 bits per heavy atom. The van der Waals surface area contributed by atoms with Crippen LogP contribution >= 0.6 is 34.7 Å². The molecule has 7 nitrogen and oxygen atoms in total. The van der Waals surface area contributed by atoms with Gasteiger partial charge in [-0.3, -0.25) is 14.2 Å². The second-order valence-corrected chi connectivity index (χ2v) is 10.4. The van der Waals surface area contributed by atoms with Crippen LogP contribution in [0.2, 0.25) is 5.02 Å². The number of hydrogen-bond donors (Lipinski definition) is 1. The summed E-state index contributed by atoms with van der Waals surface area (Å²) in [7, 11) is 1.31. The molecule has 0 fully saturated rings. The molecule has 0 saturated carbocycles. The number of anilines is 1. The third-order valence-electron chi connectivity index (χ3n) is 5.72. The lowest BCUT2D eigenvalue weighted by molar-refractivity contribution is -0.113. The van der Waals surface area contributed by atoms with E-state index < -0.39 is 5.97 Å². The molecule has 1 aliphatic carbocycles. The lowest BCUT2D eigenvalue weighted by Crippen LogP contribution is -2.23. The fraction of sp³-hybridized carbons (Fsp3) is 0.200. The fourth-order valence-electron chi connectivity index (χ4n) is 4.07. The number of nitrogens with zero attached hydrogens (tertiary/aromatic N) is 2. The fourth-order valence-corrected chi connectivity index (χ4v) is 6.32. The Kier molecular flexibility index (Phi) is 6.64. The van der Waals surface area contributed by atoms with E-state index in [0.29, 0.717) is 37.3 Å². The first kappa shape index (κ1) is 23.6. The highest BCUT2D eigenvalue weighted by atomic mass is 35.5. The van der Waals surface area contributed by atoms with E-state index in [1.807, 2.05) is 0 Å². The summed E-state index contributed by atoms with van der Waals surface area (Å²) in [6.45, 7) is 0. The number of carbonyl (C=O) groups is 2. The molecule has 0 spiro atoms. The largest absolute Gasteiger partial charge is 0.465 e. The van der Waals surface area contributed by atoms with Crippen LogP contribution in [0.4, 0.5) is 5.69 Å². The number of esters is 1. The van der Waals surface area contributed by atoms with Gasteiger partial charge in [0.2, 0.25) is 5.91 Å². The van der Waals surface area contributed by atoms with Crippen LogP contribution in [0.25, 0.3) is 15.9 Å². The zero-order valence-electron chi connectivity index (χ0n) is 18.7. The van der Waals surface area contributed by atoms with E-state index in [4.69, 9.17) is 16.6 Å². The average molecular weight is 526 g/mol. The van der Waals surface area contributed by atoms with Crippen molar-refractivity contribution in [2.75, 3.05) is 18.2 Å². The zero-order valence-corrected chi connectivity index (χ0v) is 21.1. The number of rotatable bonds is 6. The molecule has 0 atom stereocenters. The molecule has 2 aromatic heterocycles. The normalized spacial score (nSPS) is 12.5. The number of aromatic nitrogens is 2. The molecule has 2 aromatic carbocycles. The number of amides is 1. The lowest BCUT2D eigenvalue weighted by atomic mass is 10.2. The van der Waals surface area contributed by atoms with Crippen LogP contribution in [0.5, 0.6) is 0 Å². The summed E-state index contributed by atoms with van der Waals surface area (Å²) < 4.78 is 6.25. The molecule has 35 heavy (non-hydrogen) atoms. The third-order valence-corrected chi connectivity index (χ3v) is 8.09. The van der Waals surface area contributed by atoms with Crippen molar-refractivity contribution in [2.24, 2.45) is 0 Å². The predicted molar refractivity (Wildman–Crippen MR) is 139 cm³/mol. The molecule has 5 rings (SSSR count). The van der Waals surface area contributed by atoms with Gasteiger partial charge in [-0.2, -0.15) is 0 Å². The van der Waals surface area contributed by atoms with Gasteiger partial charge in [0.05, 0.1) is 29.5 Å². The molecular weight excluding hydrogens is 506 g/mol. The van der Waals surface area contributed by atoms with E-state index in [2.05, 4.69) is 10.1 Å². The van der Waals surface area contributed by atoms with Gasteiger partial charge in [-0.15, -0.1) is 11.3 Å². The van der Waals surface area contributed by atoms with Crippen LogP contribution in [0.3, 0.4) is 0 Å². The van der Waals surface area contributed by atoms with Gasteiger partial charge in [0, 0.05) is 15.6 Å². The van der Waals surface area contributed by atoms with Gasteiger partial charge >= 0.3 is 5.97 Å². The number of nitrogens with one attached hydrogen (secondary N) is 1. The van der Waals surface area contributed by atoms with Crippen LogP contribution in [0.15, 0.2) is 58.5 Å². The summed E-state index contributed by atoms with van der Waals surface area (Å²) in [5, 5.41) is 4.50. The number of fused-ring (bicyclic) bond motifs is 3. The number of carbonyl (C=O) groups excluding carboxylic acids is 2. The van der Waals surface area contributed by atoms with Gasteiger partial charge in [0.15, 0.2) is 5.16 Å². The van der Waals surface area contributed by atoms with Gasteiger partial charge < -0.3 is 10.1 Å². The zero-order chi connectivity index (χ0) is 24.5. The first-order chi connectivity index (χ1) is 16.9. The number of aryl methyl sites for hydroxylation is 2. The van der Waals surface area contributed by atoms with Crippen molar-refractivity contribution in [2.45, 2.75) is 24.4 Å². The second kappa shape index (κ2) is 9.85. The van der Waals surface area contributed by atoms with E-state index in [1.165, 1.54) is 23.7 Å². The molecule has 0 unspecified atom stereocenters. The quantitative estimate of drug-likeness (QED) is 0.214. The smallest absolute Gasteiger partial charge is 0.337 e. The summed E-state index contributed by atoms with van der Waals surface area (Å²) in [6.07, 6.45) is 2.90. The SMILES string of the molecule is COC(=O)c1ccc(NC(=O)CSc2nc3sc4c(c3c(=O)n2-c2ccc(Cl)cc2)CCC4)cc1. The van der Waals surface area contributed by atoms with Gasteiger partial charge in [-0.05, 0) is 73.4 Å². The molecule has 0 aliphatic heterocycles. The van der Waals surface area contributed by atoms with E-state index in [1.54, 1.807) is 64.4 Å². The van der Waals surface area contributed by atoms with Crippen molar-refractivity contribution in [1.82, 2.24) is 9.55 Å². The maximum absolute atomic E-state index is 13.6. The van der Waals surface area contributed by atoms with Gasteiger partial charge in [-0.25, -0.2) is 9.78 Å². The molecule has 4 aromatic rings. The molecule has 178 valence electrons. The molecule has 0 saturated heterocycles. The van der Waals surface area contributed by atoms with Crippen LogP contribution < -0.4 is 10.9 Å². The number of thiophene rings is 1. The number of methoxy groups -OCH3 is 1. The van der Waals surface area contributed by atoms with Gasteiger partial charge in [-0.1, -0.05) is 23.4 Å². The molecule has 0 bridgehead atoms. The Bertz CT molecular complexity index is 1490. The Labute approximate surface area is 214 Å². The topological polar surface area (TPSA) is 90.3 Å². The van der Waals surface area contributed by atoms with Crippen LogP contribution in [0.1, 0.15) is 27.2 Å². The Morgan fingerprint density at radius 1 is 1.14 bits per heavy atom. The van der Waals surface area contributed by atoms with Crippen molar-refractivity contribution in [3.05, 3.63) is 79.9 Å². The predicted octanol–water partition coefficient (Wildman–Crippen LogP) is 5.11. The molecule has 10 heteroatoms. The van der Waals surface area contributed by atoms with Crippen LogP contribution in [-0.2, 0) is 22.4 Å². The minimum Gasteiger partial charge on any atom is -0.465 e. The Hall–Kier alpha value is -3.14. The van der Waals surface area contributed by atoms with Crippen molar-refractivity contribution >= 4 is 62.5 Å². The number of benzene rings is 2. The lowest BCUT2D eigenvalue weighted by Gasteiger charge is -2.13. The average Bonchev–Trinajstić information content (AvgIpc) is 3.45. The molecule has 1 aliphatic rings. The van der Waals surface area contributed by atoms with Crippen molar-refractivity contribution in [1.29, 1.82) is 0 Å². The highest BCUT2D eigenvalue weighted by Gasteiger charge is 2.24. The van der Waals surface area contributed by atoms with Crippen molar-refractivity contribution in [3.8, 4) is 5.69 Å². The number of hydrogen-bond acceptors (Lipinski definition) is 7. The Balaban J connectivity index is 1.43. The molecular formula is C25H20ClN3O4S2. The number of halogens is 1. The van der Waals surface area contributed by atoms with Crippen LogP contribution in [-0.4, -0.2) is 34.3 Å². The third kappa shape index (κ3) is 4.71. The summed E-state index contributed by atoms with van der Waals surface area (Å²) >= 11 is 8.82. The molecule has 1 N–H and O–H groups in total. The van der Waals surface area contributed by atoms with Gasteiger partial charge in [0.1, 0.15) is 4.83 Å². The van der Waals surface area contributed by atoms with Crippen LogP contribution in [0, 0.1) is 0 Å². The standard InChI is InChI=1S/C25H20ClN3O4S2/c1-33-24(32)14-5-9-16(10-6-14)27-20(30)13-34-25-28-22-21(18-3-2-4-19(18)35-22)23(31)29(25)17-11-7-15(26)8-12-17/h5-12H,2-4,13H2,1H3,(H,27,30). The van der Waals surface area contributed by atoms with Crippen molar-refractivity contribution < 1.29 is 14.3 Å². The highest BCUT2D eigenvalue weighted by molar-refractivity contribution is 7.99. The van der Waals surface area contributed by atoms with E-state index in [0.717, 1.165) is 24.8 Å².